The van der Waals surface area contributed by atoms with Crippen LogP contribution in [0.1, 0.15) is 53.2 Å². The van der Waals surface area contributed by atoms with Gasteiger partial charge in [0.05, 0.1) is 11.5 Å². The molecular formula is C30H35Cl3N4O2. The van der Waals surface area contributed by atoms with E-state index in [1.165, 1.54) is 0 Å². The zero-order valence-corrected chi connectivity index (χ0v) is 24.2. The van der Waals surface area contributed by atoms with Gasteiger partial charge in [-0.1, -0.05) is 54.1 Å². The fourth-order valence-corrected chi connectivity index (χ4v) is 5.81. The first-order valence-electron chi connectivity index (χ1n) is 13.0. The van der Waals surface area contributed by atoms with Crippen LogP contribution in [0.4, 0.5) is 0 Å². The van der Waals surface area contributed by atoms with Crippen LogP contribution in [0.15, 0.2) is 79.1 Å². The minimum atomic E-state index is -0.224. The number of nitrogens with one attached hydrogen (secondary N) is 1. The van der Waals surface area contributed by atoms with Gasteiger partial charge in [0.25, 0.3) is 5.91 Å². The van der Waals surface area contributed by atoms with Crippen molar-refractivity contribution in [3.63, 3.8) is 0 Å². The van der Waals surface area contributed by atoms with Gasteiger partial charge in [-0.3, -0.25) is 14.6 Å². The molecule has 2 fully saturated rings. The fraction of sp³-hybridized carbons (Fsp3) is 0.367. The van der Waals surface area contributed by atoms with E-state index in [1.807, 2.05) is 41.4 Å². The van der Waals surface area contributed by atoms with Crippen LogP contribution >= 0.6 is 36.4 Å². The number of hydrogen-bond acceptors (Lipinski definition) is 4. The molecule has 0 bridgehead atoms. The van der Waals surface area contributed by atoms with Crippen molar-refractivity contribution in [2.45, 2.75) is 38.3 Å². The highest BCUT2D eigenvalue weighted by Crippen LogP contribution is 2.42. The lowest BCUT2D eigenvalue weighted by molar-refractivity contribution is -0.138. The van der Waals surface area contributed by atoms with Crippen LogP contribution in [0.5, 0.6) is 0 Å². The van der Waals surface area contributed by atoms with Gasteiger partial charge in [0.1, 0.15) is 0 Å². The summed E-state index contributed by atoms with van der Waals surface area (Å²) in [7, 11) is 0. The van der Waals surface area contributed by atoms with Crippen LogP contribution < -0.4 is 5.32 Å². The first-order valence-corrected chi connectivity index (χ1v) is 13.4. The first-order chi connectivity index (χ1) is 18.0. The number of carbonyl (C=O) groups is 2. The Morgan fingerprint density at radius 1 is 0.974 bits per heavy atom. The van der Waals surface area contributed by atoms with Crippen molar-refractivity contribution >= 4 is 48.2 Å². The predicted molar refractivity (Wildman–Crippen MR) is 160 cm³/mol. The molecule has 0 aliphatic carbocycles. The maximum Gasteiger partial charge on any atom is 0.251 e. The third-order valence-electron chi connectivity index (χ3n) is 7.84. The summed E-state index contributed by atoms with van der Waals surface area (Å²) in [5.41, 5.74) is 2.50. The Kier molecular flexibility index (Phi) is 11.2. The van der Waals surface area contributed by atoms with Crippen LogP contribution in [-0.4, -0.2) is 52.8 Å². The molecule has 2 aliphatic heterocycles. The first kappa shape index (κ1) is 30.9. The summed E-state index contributed by atoms with van der Waals surface area (Å²) in [6, 6.07) is 21.0. The minimum Gasteiger partial charge on any atom is -0.345 e. The van der Waals surface area contributed by atoms with Gasteiger partial charge in [-0.05, 0) is 74.2 Å². The number of halogens is 3. The normalized spacial score (nSPS) is 17.3. The lowest BCUT2D eigenvalue weighted by Crippen LogP contribution is -2.45. The number of rotatable bonds is 8. The molecule has 208 valence electrons. The fourth-order valence-electron chi connectivity index (χ4n) is 5.61. The van der Waals surface area contributed by atoms with Gasteiger partial charge >= 0.3 is 0 Å². The summed E-state index contributed by atoms with van der Waals surface area (Å²) < 4.78 is 0. The molecule has 0 saturated carbocycles. The lowest BCUT2D eigenvalue weighted by Gasteiger charge is -2.38. The predicted octanol–water partition coefficient (Wildman–Crippen LogP) is 5.95. The van der Waals surface area contributed by atoms with Crippen molar-refractivity contribution in [3.05, 3.63) is 101 Å². The molecule has 1 aromatic heterocycles. The Balaban J connectivity index is 0.00000210. The van der Waals surface area contributed by atoms with Crippen molar-refractivity contribution in [2.24, 2.45) is 5.41 Å². The number of likely N-dealkylation sites (tertiary alicyclic amines) is 2. The van der Waals surface area contributed by atoms with E-state index in [0.717, 1.165) is 63.0 Å². The Hall–Kier alpha value is -2.64. The van der Waals surface area contributed by atoms with E-state index in [2.05, 4.69) is 27.3 Å². The van der Waals surface area contributed by atoms with Gasteiger partial charge in [-0.2, -0.15) is 0 Å². The zero-order chi connectivity index (χ0) is 25.7. The average Bonchev–Trinajstić information content (AvgIpc) is 3.22. The van der Waals surface area contributed by atoms with Crippen LogP contribution in [0.25, 0.3) is 0 Å². The molecule has 2 amide bonds. The Labute approximate surface area is 247 Å². The number of aromatic nitrogens is 1. The summed E-state index contributed by atoms with van der Waals surface area (Å²) in [4.78, 5) is 34.9. The third kappa shape index (κ3) is 7.52. The smallest absolute Gasteiger partial charge is 0.251 e. The van der Waals surface area contributed by atoms with Crippen LogP contribution in [0.2, 0.25) is 5.02 Å². The number of pyridine rings is 1. The van der Waals surface area contributed by atoms with E-state index >= 15 is 0 Å². The van der Waals surface area contributed by atoms with Crippen LogP contribution in [0, 0.1) is 5.41 Å². The molecular weight excluding hydrogens is 555 g/mol. The molecule has 39 heavy (non-hydrogen) atoms. The molecule has 5 rings (SSSR count). The van der Waals surface area contributed by atoms with Crippen molar-refractivity contribution in [2.75, 3.05) is 26.2 Å². The quantitative estimate of drug-likeness (QED) is 0.352. The Morgan fingerprint density at radius 2 is 1.72 bits per heavy atom. The summed E-state index contributed by atoms with van der Waals surface area (Å²) in [5.74, 6) is 0.172. The van der Waals surface area contributed by atoms with E-state index in [0.29, 0.717) is 23.0 Å². The van der Waals surface area contributed by atoms with Gasteiger partial charge in [0, 0.05) is 42.6 Å². The van der Waals surface area contributed by atoms with Crippen molar-refractivity contribution in [1.82, 2.24) is 20.1 Å². The second-order valence-corrected chi connectivity index (χ2v) is 10.6. The summed E-state index contributed by atoms with van der Waals surface area (Å²) in [6.07, 6.45) is 7.11. The number of piperidine rings is 1. The highest BCUT2D eigenvalue weighted by atomic mass is 35.5. The minimum absolute atomic E-state index is 0. The Morgan fingerprint density at radius 3 is 2.41 bits per heavy atom. The van der Waals surface area contributed by atoms with Crippen molar-refractivity contribution < 1.29 is 9.59 Å². The number of amides is 2. The standard InChI is InChI=1S/C30H33ClN4O2.2ClH/c31-26-10-4-9-25(20-26)28(36)33-27(24-7-2-1-3-8-24)11-16-34-17-12-30(13-18-34)14-19-35(29(30)37)22-23-6-5-15-32-21-23;;/h1-10,15,20-21,27H,11-14,16-19,22H2,(H,33,36);2*1H. The van der Waals surface area contributed by atoms with Crippen LogP contribution in [0.3, 0.4) is 0 Å². The van der Waals surface area contributed by atoms with Crippen molar-refractivity contribution in [1.29, 1.82) is 0 Å². The monoisotopic (exact) mass is 588 g/mol. The molecule has 2 aliphatic rings. The molecule has 1 atom stereocenters. The zero-order valence-electron chi connectivity index (χ0n) is 21.8. The summed E-state index contributed by atoms with van der Waals surface area (Å²) >= 11 is 6.10. The van der Waals surface area contributed by atoms with Gasteiger partial charge in [0.2, 0.25) is 5.91 Å². The number of nitrogens with zero attached hydrogens (tertiary/aromatic N) is 3. The largest absolute Gasteiger partial charge is 0.345 e. The molecule has 2 aromatic carbocycles. The van der Waals surface area contributed by atoms with Crippen LogP contribution in [-0.2, 0) is 11.3 Å². The Bertz CT molecular complexity index is 1220. The highest BCUT2D eigenvalue weighted by molar-refractivity contribution is 6.30. The van der Waals surface area contributed by atoms with Gasteiger partial charge in [-0.25, -0.2) is 0 Å². The molecule has 3 aromatic rings. The topological polar surface area (TPSA) is 65.5 Å². The van der Waals surface area contributed by atoms with Gasteiger partial charge in [0.15, 0.2) is 0 Å². The van der Waals surface area contributed by atoms with E-state index in [-0.39, 0.29) is 42.2 Å². The highest BCUT2D eigenvalue weighted by Gasteiger charge is 2.47. The molecule has 1 spiro atoms. The summed E-state index contributed by atoms with van der Waals surface area (Å²) in [5, 5.41) is 3.76. The van der Waals surface area contributed by atoms with E-state index in [9.17, 15) is 9.59 Å². The number of benzene rings is 2. The van der Waals surface area contributed by atoms with E-state index < -0.39 is 0 Å². The maximum absolute atomic E-state index is 13.4. The SMILES string of the molecule is Cl.Cl.O=C(NC(CCN1CCC2(CC1)CCN(Cc1cccnc1)C2=O)c1ccccc1)c1cccc(Cl)c1. The molecule has 0 radical (unpaired) electrons. The summed E-state index contributed by atoms with van der Waals surface area (Å²) in [6.45, 7) is 4.12. The lowest BCUT2D eigenvalue weighted by atomic mass is 9.77. The molecule has 2 saturated heterocycles. The number of hydrogen-bond donors (Lipinski definition) is 1. The molecule has 6 nitrogen and oxygen atoms in total. The second kappa shape index (κ2) is 14.1. The molecule has 1 N–H and O–H groups in total. The van der Waals surface area contributed by atoms with Gasteiger partial charge < -0.3 is 15.1 Å². The third-order valence-corrected chi connectivity index (χ3v) is 8.07. The molecule has 1 unspecified atom stereocenters. The van der Waals surface area contributed by atoms with Crippen molar-refractivity contribution in [3.8, 4) is 0 Å². The molecule has 3 heterocycles. The molecule has 9 heteroatoms. The average molecular weight is 590 g/mol. The second-order valence-electron chi connectivity index (χ2n) is 10.2. The number of carbonyl (C=O) groups excluding carboxylic acids is 2. The maximum atomic E-state index is 13.4. The van der Waals surface area contributed by atoms with E-state index in [1.54, 1.807) is 30.5 Å². The van der Waals surface area contributed by atoms with E-state index in [4.69, 9.17) is 11.6 Å². The van der Waals surface area contributed by atoms with Gasteiger partial charge in [-0.15, -0.1) is 24.8 Å².